The number of benzene rings is 2. The Kier molecular flexibility index (Phi) is 9.84. The molecule has 4 rings (SSSR count). The molecule has 0 fully saturated rings. The van der Waals surface area contributed by atoms with Crippen LogP contribution in [0.3, 0.4) is 0 Å². The maximum atomic E-state index is 13.2. The van der Waals surface area contributed by atoms with Gasteiger partial charge in [-0.15, -0.1) is 23.1 Å². The highest BCUT2D eigenvalue weighted by molar-refractivity contribution is 8.00. The molecule has 1 aliphatic rings. The van der Waals surface area contributed by atoms with Gasteiger partial charge < -0.3 is 30.5 Å². The number of hydrogen-bond donors (Lipinski definition) is 4. The van der Waals surface area contributed by atoms with Gasteiger partial charge in [0.2, 0.25) is 5.91 Å². The third kappa shape index (κ3) is 8.00. The number of aromatic carboxylic acids is 2. The van der Waals surface area contributed by atoms with E-state index in [9.17, 15) is 34.3 Å². The standard InChI is InChI=1S/C31H30N4O8S2/c1-16(25(36)34-27-23(14-32)20-10-11-35(15-24(20)45-27)30(42)43-31(2,3)4)44-19-7-5-6-18(13-19)33-26(37)21-9-8-17(28(38)39)12-22(21)29(40)41/h5-9,12-13,16H,10-11,15H2,1-4H3,(H,33,37)(H,34,36)(H,38,39)(H,40,41). The Morgan fingerprint density at radius 2 is 1.78 bits per heavy atom. The second kappa shape index (κ2) is 13.4. The molecule has 0 spiro atoms. The topological polar surface area (TPSA) is 186 Å². The van der Waals surface area contributed by atoms with Crippen molar-refractivity contribution in [3.05, 3.63) is 75.2 Å². The van der Waals surface area contributed by atoms with E-state index < -0.39 is 40.4 Å². The summed E-state index contributed by atoms with van der Waals surface area (Å²) in [6.45, 7) is 7.74. The molecule has 2 aromatic carbocycles. The SMILES string of the molecule is CC(Sc1cccc(NC(=O)c2ccc(C(=O)O)cc2C(=O)O)c1)C(=O)Nc1sc2c(c1C#N)CCN(C(=O)OC(C)(C)C)C2. The highest BCUT2D eigenvalue weighted by Crippen LogP contribution is 2.38. The van der Waals surface area contributed by atoms with E-state index in [0.29, 0.717) is 34.1 Å². The molecule has 4 N–H and O–H groups in total. The molecule has 1 unspecified atom stereocenters. The van der Waals surface area contributed by atoms with Crippen molar-refractivity contribution >= 4 is 63.6 Å². The molecule has 1 atom stereocenters. The van der Waals surface area contributed by atoms with Crippen molar-refractivity contribution in [2.45, 2.75) is 56.4 Å². The van der Waals surface area contributed by atoms with Gasteiger partial charge in [-0.1, -0.05) is 6.07 Å². The fraction of sp³-hybridized carbons (Fsp3) is 0.290. The Bertz CT molecular complexity index is 1740. The van der Waals surface area contributed by atoms with Crippen LogP contribution in [0.5, 0.6) is 0 Å². The number of nitrogens with zero attached hydrogens (tertiary/aromatic N) is 2. The Labute approximate surface area is 267 Å². The van der Waals surface area contributed by atoms with E-state index in [1.165, 1.54) is 23.1 Å². The number of thioether (sulfide) groups is 1. The monoisotopic (exact) mass is 650 g/mol. The van der Waals surface area contributed by atoms with E-state index >= 15 is 0 Å². The Balaban J connectivity index is 1.43. The first-order chi connectivity index (χ1) is 21.2. The molecule has 0 saturated carbocycles. The van der Waals surface area contributed by atoms with Gasteiger partial charge in [-0.25, -0.2) is 14.4 Å². The number of thiophene rings is 1. The number of nitrogens with one attached hydrogen (secondary N) is 2. The fourth-order valence-corrected chi connectivity index (χ4v) is 6.60. The quantitative estimate of drug-likeness (QED) is 0.221. The average Bonchev–Trinajstić information content (AvgIpc) is 3.31. The zero-order valence-corrected chi connectivity index (χ0v) is 26.4. The number of ether oxygens (including phenoxy) is 1. The highest BCUT2D eigenvalue weighted by Gasteiger charge is 2.30. The molecule has 0 bridgehead atoms. The molecule has 3 amide bonds. The molecule has 1 aromatic heterocycles. The van der Waals surface area contributed by atoms with Crippen LogP contribution in [0.1, 0.15) is 74.8 Å². The van der Waals surface area contributed by atoms with Crippen LogP contribution in [0.15, 0.2) is 47.4 Å². The number of amides is 3. The maximum Gasteiger partial charge on any atom is 0.410 e. The average molecular weight is 651 g/mol. The molecule has 2 heterocycles. The maximum absolute atomic E-state index is 13.2. The van der Waals surface area contributed by atoms with Gasteiger partial charge in [-0.05, 0) is 76.1 Å². The molecule has 234 valence electrons. The van der Waals surface area contributed by atoms with Crippen LogP contribution < -0.4 is 10.6 Å². The van der Waals surface area contributed by atoms with Gasteiger partial charge in [0.15, 0.2) is 0 Å². The highest BCUT2D eigenvalue weighted by atomic mass is 32.2. The summed E-state index contributed by atoms with van der Waals surface area (Å²) in [4.78, 5) is 64.5. The van der Waals surface area contributed by atoms with Crippen LogP contribution in [-0.4, -0.2) is 62.4 Å². The van der Waals surface area contributed by atoms with Crippen LogP contribution in [0.2, 0.25) is 0 Å². The second-order valence-corrected chi connectivity index (χ2v) is 13.6. The predicted octanol–water partition coefficient (Wildman–Crippen LogP) is 5.68. The van der Waals surface area contributed by atoms with Crippen LogP contribution >= 0.6 is 23.1 Å². The van der Waals surface area contributed by atoms with Gasteiger partial charge >= 0.3 is 18.0 Å². The lowest BCUT2D eigenvalue weighted by Gasteiger charge is -2.29. The fourth-order valence-electron chi connectivity index (χ4n) is 4.46. The van der Waals surface area contributed by atoms with Crippen molar-refractivity contribution in [3.63, 3.8) is 0 Å². The summed E-state index contributed by atoms with van der Waals surface area (Å²) in [6.07, 6.45) is 0.0251. The number of carboxylic acids is 2. The molecule has 14 heteroatoms. The first-order valence-corrected chi connectivity index (χ1v) is 15.4. The lowest BCUT2D eigenvalue weighted by atomic mass is 10.0. The minimum absolute atomic E-state index is 0.209. The number of fused-ring (bicyclic) bond motifs is 1. The predicted molar refractivity (Wildman–Crippen MR) is 168 cm³/mol. The van der Waals surface area contributed by atoms with Crippen molar-refractivity contribution in [2.75, 3.05) is 17.2 Å². The molecule has 12 nitrogen and oxygen atoms in total. The number of carboxylic acid groups (broad SMARTS) is 2. The smallest absolute Gasteiger partial charge is 0.410 e. The van der Waals surface area contributed by atoms with E-state index in [2.05, 4.69) is 16.7 Å². The van der Waals surface area contributed by atoms with Crippen LogP contribution in [0.4, 0.5) is 15.5 Å². The first-order valence-electron chi connectivity index (χ1n) is 13.7. The van der Waals surface area contributed by atoms with Gasteiger partial charge in [-0.2, -0.15) is 5.26 Å². The Morgan fingerprint density at radius 1 is 1.04 bits per heavy atom. The summed E-state index contributed by atoms with van der Waals surface area (Å²) >= 11 is 2.46. The molecular formula is C31H30N4O8S2. The third-order valence-corrected chi connectivity index (χ3v) is 8.80. The van der Waals surface area contributed by atoms with Crippen molar-refractivity contribution in [1.82, 2.24) is 4.90 Å². The molecule has 0 radical (unpaired) electrons. The summed E-state index contributed by atoms with van der Waals surface area (Å²) < 4.78 is 5.47. The summed E-state index contributed by atoms with van der Waals surface area (Å²) in [5.74, 6) is -3.86. The second-order valence-electron chi connectivity index (χ2n) is 11.1. The number of carbonyl (C=O) groups is 5. The van der Waals surface area contributed by atoms with Gasteiger partial charge in [0.05, 0.1) is 34.0 Å². The Hall–Kier alpha value is -4.87. The van der Waals surface area contributed by atoms with E-state index in [1.807, 2.05) is 0 Å². The van der Waals surface area contributed by atoms with Crippen LogP contribution in [0.25, 0.3) is 0 Å². The minimum Gasteiger partial charge on any atom is -0.478 e. The number of anilines is 2. The molecule has 0 aliphatic carbocycles. The van der Waals surface area contributed by atoms with Crippen LogP contribution in [-0.2, 0) is 22.5 Å². The van der Waals surface area contributed by atoms with Crippen LogP contribution in [0, 0.1) is 11.3 Å². The summed E-state index contributed by atoms with van der Waals surface area (Å²) in [5.41, 5.74) is -0.0311. The number of rotatable bonds is 8. The van der Waals surface area contributed by atoms with Gasteiger partial charge in [0.25, 0.3) is 5.91 Å². The van der Waals surface area contributed by atoms with E-state index in [4.69, 9.17) is 9.84 Å². The molecule has 0 saturated heterocycles. The lowest BCUT2D eigenvalue weighted by molar-refractivity contribution is -0.115. The number of nitriles is 1. The third-order valence-electron chi connectivity index (χ3n) is 6.57. The van der Waals surface area contributed by atoms with Gasteiger partial charge in [-0.3, -0.25) is 9.59 Å². The number of hydrogen-bond acceptors (Lipinski definition) is 9. The zero-order chi connectivity index (χ0) is 33.1. The van der Waals surface area contributed by atoms with Crippen molar-refractivity contribution in [3.8, 4) is 6.07 Å². The van der Waals surface area contributed by atoms with E-state index in [-0.39, 0.29) is 23.6 Å². The molecular weight excluding hydrogens is 620 g/mol. The number of carbonyl (C=O) groups excluding carboxylic acids is 3. The normalized spacial score (nSPS) is 13.2. The van der Waals surface area contributed by atoms with Gasteiger partial charge in [0, 0.05) is 22.0 Å². The van der Waals surface area contributed by atoms with E-state index in [0.717, 1.165) is 28.6 Å². The Morgan fingerprint density at radius 3 is 2.42 bits per heavy atom. The summed E-state index contributed by atoms with van der Waals surface area (Å²) in [5, 5.41) is 33.8. The van der Waals surface area contributed by atoms with Gasteiger partial charge in [0.1, 0.15) is 16.7 Å². The first kappa shape index (κ1) is 33.0. The largest absolute Gasteiger partial charge is 0.478 e. The molecule has 45 heavy (non-hydrogen) atoms. The molecule has 1 aliphatic heterocycles. The summed E-state index contributed by atoms with van der Waals surface area (Å²) in [6, 6.07) is 12.0. The summed E-state index contributed by atoms with van der Waals surface area (Å²) in [7, 11) is 0. The molecule has 3 aromatic rings. The van der Waals surface area contributed by atoms with Crippen molar-refractivity contribution in [1.29, 1.82) is 5.26 Å². The van der Waals surface area contributed by atoms with Crippen molar-refractivity contribution < 1.29 is 38.9 Å². The minimum atomic E-state index is -1.45. The van der Waals surface area contributed by atoms with Crippen molar-refractivity contribution in [2.24, 2.45) is 0 Å². The lowest BCUT2D eigenvalue weighted by Crippen LogP contribution is -2.39. The zero-order valence-electron chi connectivity index (χ0n) is 24.8. The van der Waals surface area contributed by atoms with E-state index in [1.54, 1.807) is 56.9 Å².